The van der Waals surface area contributed by atoms with Crippen LogP contribution in [0.4, 0.5) is 0 Å². The highest BCUT2D eigenvalue weighted by atomic mass is 16.5. The lowest BCUT2D eigenvalue weighted by Gasteiger charge is -2.29. The third kappa shape index (κ3) is 3.74. The van der Waals surface area contributed by atoms with E-state index in [-0.39, 0.29) is 11.7 Å². The van der Waals surface area contributed by atoms with Gasteiger partial charge < -0.3 is 14.7 Å². The first-order valence-corrected chi connectivity index (χ1v) is 8.37. The van der Waals surface area contributed by atoms with Crippen molar-refractivity contribution in [1.29, 1.82) is 0 Å². The summed E-state index contributed by atoms with van der Waals surface area (Å²) in [4.78, 5) is 26.0. The van der Waals surface area contributed by atoms with Gasteiger partial charge in [0.1, 0.15) is 17.4 Å². The molecule has 0 spiro atoms. The van der Waals surface area contributed by atoms with Gasteiger partial charge in [-0.15, -0.1) is 0 Å². The molecule has 0 radical (unpaired) electrons. The molecule has 0 atom stereocenters. The minimum atomic E-state index is -1.21. The smallest absolute Gasteiger partial charge is 0.341 e. The molecule has 0 aliphatic carbocycles. The van der Waals surface area contributed by atoms with Gasteiger partial charge in [0.2, 0.25) is 0 Å². The van der Waals surface area contributed by atoms with Gasteiger partial charge in [-0.25, -0.2) is 4.79 Å². The van der Waals surface area contributed by atoms with Gasteiger partial charge in [-0.1, -0.05) is 0 Å². The maximum absolute atomic E-state index is 12.4. The van der Waals surface area contributed by atoms with Crippen LogP contribution in [-0.4, -0.2) is 46.8 Å². The SMILES string of the molecule is Cc1ccn(-c2ccc(OC3CCN(C)CC3)cc2)c(=O)c1C(=O)O. The van der Waals surface area contributed by atoms with E-state index in [9.17, 15) is 14.7 Å². The van der Waals surface area contributed by atoms with Crippen molar-refractivity contribution in [2.24, 2.45) is 0 Å². The maximum atomic E-state index is 12.4. The van der Waals surface area contributed by atoms with Crippen LogP contribution in [0.15, 0.2) is 41.3 Å². The van der Waals surface area contributed by atoms with E-state index >= 15 is 0 Å². The number of nitrogens with zero attached hydrogens (tertiary/aromatic N) is 2. The molecule has 1 aromatic heterocycles. The summed E-state index contributed by atoms with van der Waals surface area (Å²) >= 11 is 0. The lowest BCUT2D eigenvalue weighted by Crippen LogP contribution is -2.35. The standard InChI is InChI=1S/C19H22N2O4/c1-13-7-12-21(18(22)17(13)19(23)24)14-3-5-15(6-4-14)25-16-8-10-20(2)11-9-16/h3-7,12,16H,8-11H2,1-2H3,(H,23,24). The fraction of sp³-hybridized carbons (Fsp3) is 0.368. The Morgan fingerprint density at radius 3 is 2.40 bits per heavy atom. The monoisotopic (exact) mass is 342 g/mol. The topological polar surface area (TPSA) is 71.8 Å². The molecule has 1 aliphatic heterocycles. The second-order valence-corrected chi connectivity index (χ2v) is 6.47. The Balaban J connectivity index is 1.80. The number of aromatic nitrogens is 1. The van der Waals surface area contributed by atoms with Crippen LogP contribution < -0.4 is 10.3 Å². The van der Waals surface area contributed by atoms with Gasteiger partial charge in [-0.3, -0.25) is 9.36 Å². The summed E-state index contributed by atoms with van der Waals surface area (Å²) in [5.41, 5.74) is 0.338. The van der Waals surface area contributed by atoms with Crippen LogP contribution in [0.2, 0.25) is 0 Å². The van der Waals surface area contributed by atoms with Crippen molar-refractivity contribution in [3.63, 3.8) is 0 Å². The number of carboxylic acid groups (broad SMARTS) is 1. The molecule has 1 aliphatic rings. The number of likely N-dealkylation sites (tertiary alicyclic amines) is 1. The number of aromatic carboxylic acids is 1. The fourth-order valence-electron chi connectivity index (χ4n) is 3.07. The molecule has 1 N–H and O–H groups in total. The molecule has 25 heavy (non-hydrogen) atoms. The van der Waals surface area contributed by atoms with Crippen molar-refractivity contribution < 1.29 is 14.6 Å². The highest BCUT2D eigenvalue weighted by Crippen LogP contribution is 2.20. The van der Waals surface area contributed by atoms with Gasteiger partial charge in [0.05, 0.1) is 0 Å². The average Bonchev–Trinajstić information content (AvgIpc) is 2.58. The first kappa shape index (κ1) is 17.2. The lowest BCUT2D eigenvalue weighted by molar-refractivity contribution is 0.0693. The van der Waals surface area contributed by atoms with Crippen molar-refractivity contribution in [3.8, 4) is 11.4 Å². The van der Waals surface area contributed by atoms with Gasteiger partial charge in [-0.2, -0.15) is 0 Å². The first-order valence-electron chi connectivity index (χ1n) is 8.37. The molecule has 0 amide bonds. The third-order valence-electron chi connectivity index (χ3n) is 4.60. The third-order valence-corrected chi connectivity index (χ3v) is 4.60. The molecule has 2 aromatic rings. The number of ether oxygens (including phenoxy) is 1. The van der Waals surface area contributed by atoms with Crippen molar-refractivity contribution in [3.05, 3.63) is 58.0 Å². The normalized spacial score (nSPS) is 15.9. The zero-order valence-corrected chi connectivity index (χ0v) is 14.4. The Kier molecular flexibility index (Phi) is 4.90. The van der Waals surface area contributed by atoms with Crippen molar-refractivity contribution in [2.75, 3.05) is 20.1 Å². The van der Waals surface area contributed by atoms with E-state index in [4.69, 9.17) is 4.74 Å². The summed E-state index contributed by atoms with van der Waals surface area (Å²) in [5.74, 6) is -0.448. The molecular formula is C19H22N2O4. The molecule has 0 saturated carbocycles. The number of carbonyl (C=O) groups is 1. The van der Waals surface area contributed by atoms with E-state index in [0.717, 1.165) is 31.7 Å². The van der Waals surface area contributed by atoms with Gasteiger partial charge in [-0.05, 0) is 62.7 Å². The zero-order chi connectivity index (χ0) is 18.0. The van der Waals surface area contributed by atoms with Gasteiger partial charge in [0.25, 0.3) is 5.56 Å². The minimum Gasteiger partial charge on any atom is -0.490 e. The van der Waals surface area contributed by atoms with Crippen LogP contribution in [0.5, 0.6) is 5.75 Å². The number of hydrogen-bond donors (Lipinski definition) is 1. The number of pyridine rings is 1. The van der Waals surface area contributed by atoms with E-state index < -0.39 is 11.5 Å². The second kappa shape index (κ2) is 7.11. The Morgan fingerprint density at radius 1 is 1.16 bits per heavy atom. The predicted octanol–water partition coefficient (Wildman–Crippen LogP) is 2.32. The number of hydrogen-bond acceptors (Lipinski definition) is 4. The van der Waals surface area contributed by atoms with Gasteiger partial charge in [0.15, 0.2) is 0 Å². The Hall–Kier alpha value is -2.60. The predicted molar refractivity (Wildman–Crippen MR) is 94.9 cm³/mol. The van der Waals surface area contributed by atoms with Crippen LogP contribution in [0.1, 0.15) is 28.8 Å². The molecule has 6 heteroatoms. The maximum Gasteiger partial charge on any atom is 0.341 e. The summed E-state index contributed by atoms with van der Waals surface area (Å²) in [5, 5.41) is 9.23. The van der Waals surface area contributed by atoms with Crippen LogP contribution in [0.3, 0.4) is 0 Å². The van der Waals surface area contributed by atoms with E-state index in [2.05, 4.69) is 11.9 Å². The molecule has 1 saturated heterocycles. The van der Waals surface area contributed by atoms with Crippen molar-refractivity contribution >= 4 is 5.97 Å². The number of piperidine rings is 1. The van der Waals surface area contributed by atoms with Gasteiger partial charge >= 0.3 is 5.97 Å². The second-order valence-electron chi connectivity index (χ2n) is 6.47. The first-order chi connectivity index (χ1) is 12.0. The van der Waals surface area contributed by atoms with Crippen LogP contribution in [-0.2, 0) is 0 Å². The van der Waals surface area contributed by atoms with Crippen LogP contribution in [0, 0.1) is 6.92 Å². The molecule has 1 aromatic carbocycles. The zero-order valence-electron chi connectivity index (χ0n) is 14.4. The van der Waals surface area contributed by atoms with Crippen molar-refractivity contribution in [1.82, 2.24) is 9.47 Å². The van der Waals surface area contributed by atoms with Crippen LogP contribution >= 0.6 is 0 Å². The summed E-state index contributed by atoms with van der Waals surface area (Å²) in [6.45, 7) is 3.67. The number of carboxylic acids is 1. The molecule has 6 nitrogen and oxygen atoms in total. The molecule has 1 fully saturated rings. The van der Waals surface area contributed by atoms with Gasteiger partial charge in [0, 0.05) is 25.0 Å². The number of rotatable bonds is 4. The lowest BCUT2D eigenvalue weighted by atomic mass is 10.1. The Bertz CT molecular complexity index is 818. The molecule has 0 unspecified atom stereocenters. The highest BCUT2D eigenvalue weighted by molar-refractivity contribution is 5.88. The Labute approximate surface area is 146 Å². The Morgan fingerprint density at radius 2 is 1.80 bits per heavy atom. The highest BCUT2D eigenvalue weighted by Gasteiger charge is 2.18. The summed E-state index contributed by atoms with van der Waals surface area (Å²) in [6, 6.07) is 8.81. The van der Waals surface area contributed by atoms with E-state index in [1.807, 2.05) is 12.1 Å². The molecule has 2 heterocycles. The van der Waals surface area contributed by atoms with E-state index in [1.54, 1.807) is 31.3 Å². The summed E-state index contributed by atoms with van der Waals surface area (Å²) < 4.78 is 7.34. The fourth-order valence-corrected chi connectivity index (χ4v) is 3.07. The molecule has 0 bridgehead atoms. The number of benzene rings is 1. The number of aryl methyl sites for hydroxylation is 1. The summed E-state index contributed by atoms with van der Waals surface area (Å²) in [7, 11) is 2.11. The van der Waals surface area contributed by atoms with E-state index in [0.29, 0.717) is 11.3 Å². The average molecular weight is 342 g/mol. The molecule has 132 valence electrons. The summed E-state index contributed by atoms with van der Waals surface area (Å²) in [6.07, 6.45) is 3.80. The van der Waals surface area contributed by atoms with E-state index in [1.165, 1.54) is 4.57 Å². The minimum absolute atomic E-state index is 0.200. The molecular weight excluding hydrogens is 320 g/mol. The largest absolute Gasteiger partial charge is 0.490 e. The van der Waals surface area contributed by atoms with Crippen molar-refractivity contribution in [2.45, 2.75) is 25.9 Å². The van der Waals surface area contributed by atoms with Crippen LogP contribution in [0.25, 0.3) is 5.69 Å². The molecule has 3 rings (SSSR count). The quantitative estimate of drug-likeness (QED) is 0.923.